The molecule has 0 bridgehead atoms. The van der Waals surface area contributed by atoms with Gasteiger partial charge in [-0.3, -0.25) is 4.79 Å². The molecule has 0 aromatic heterocycles. The van der Waals surface area contributed by atoms with Crippen molar-refractivity contribution in [3.05, 3.63) is 47.1 Å². The fourth-order valence-electron chi connectivity index (χ4n) is 5.70. The summed E-state index contributed by atoms with van der Waals surface area (Å²) in [6.07, 6.45) is 13.3. The highest BCUT2D eigenvalue weighted by atomic mass is 16.6. The lowest BCUT2D eigenvalue weighted by atomic mass is 9.62. The van der Waals surface area contributed by atoms with Crippen molar-refractivity contribution in [2.45, 2.75) is 110 Å². The third-order valence-electron chi connectivity index (χ3n) is 7.32. The first-order valence-electron chi connectivity index (χ1n) is 13.9. The summed E-state index contributed by atoms with van der Waals surface area (Å²) in [6, 6.07) is 0. The number of carbonyl (C=O) groups is 1. The molecule has 4 atom stereocenters. The van der Waals surface area contributed by atoms with Gasteiger partial charge in [0.05, 0.1) is 6.10 Å². The predicted octanol–water partition coefficient (Wildman–Crippen LogP) is 7.22. The molecule has 1 N–H and O–H groups in total. The predicted molar refractivity (Wildman–Crippen MR) is 132 cm³/mol. The van der Waals surface area contributed by atoms with Crippen LogP contribution in [0.15, 0.2) is 47.1 Å². The molecule has 3 nitrogen and oxygen atoms in total. The van der Waals surface area contributed by atoms with E-state index in [4.69, 9.17) is 8.85 Å². The molecule has 0 amide bonds. The second-order valence-electron chi connectivity index (χ2n) is 11.1. The van der Waals surface area contributed by atoms with Gasteiger partial charge in [-0.15, -0.1) is 0 Å². The van der Waals surface area contributed by atoms with Crippen molar-refractivity contribution in [2.75, 3.05) is 0 Å². The fourth-order valence-corrected chi connectivity index (χ4v) is 5.70. The Morgan fingerprint density at radius 2 is 2.19 bits per heavy atom. The SMILES string of the molecule is [2H]C([2H])([2H])[C@]12CCC/C(=C\C=C3\C[C@H](O)CCC3=C)[C@@H]1CC=C2[C@@H](C)CCCC(=O)OC(C)(C)C. The van der Waals surface area contributed by atoms with E-state index in [1.807, 2.05) is 20.8 Å². The Morgan fingerprint density at radius 3 is 2.91 bits per heavy atom. The topological polar surface area (TPSA) is 46.5 Å². The van der Waals surface area contributed by atoms with E-state index in [1.54, 1.807) is 0 Å². The molecule has 3 aliphatic rings. The van der Waals surface area contributed by atoms with Crippen molar-refractivity contribution >= 4 is 5.97 Å². The number of aliphatic hydroxyl groups excluding tert-OH is 1. The van der Waals surface area contributed by atoms with Crippen LogP contribution in [-0.2, 0) is 9.53 Å². The summed E-state index contributed by atoms with van der Waals surface area (Å²) >= 11 is 0. The molecular formula is C29H44O3. The number of fused-ring (bicyclic) bond motifs is 1. The maximum Gasteiger partial charge on any atom is 0.306 e. The third kappa shape index (κ3) is 6.04. The van der Waals surface area contributed by atoms with Gasteiger partial charge in [-0.25, -0.2) is 0 Å². The summed E-state index contributed by atoms with van der Waals surface area (Å²) in [5, 5.41) is 10.1. The van der Waals surface area contributed by atoms with Gasteiger partial charge in [0.25, 0.3) is 0 Å². The molecular weight excluding hydrogens is 396 g/mol. The second kappa shape index (κ2) is 10.1. The van der Waals surface area contributed by atoms with Gasteiger partial charge in [-0.1, -0.05) is 55.3 Å². The smallest absolute Gasteiger partial charge is 0.306 e. The number of carbonyl (C=O) groups excluding carboxylic acids is 1. The van der Waals surface area contributed by atoms with E-state index in [2.05, 4.69) is 31.7 Å². The van der Waals surface area contributed by atoms with Crippen LogP contribution in [0.25, 0.3) is 0 Å². The van der Waals surface area contributed by atoms with E-state index >= 15 is 0 Å². The lowest BCUT2D eigenvalue weighted by molar-refractivity contribution is -0.154. The zero-order valence-corrected chi connectivity index (χ0v) is 20.5. The van der Waals surface area contributed by atoms with E-state index in [0.29, 0.717) is 25.7 Å². The van der Waals surface area contributed by atoms with Crippen molar-refractivity contribution in [1.82, 2.24) is 0 Å². The first-order valence-corrected chi connectivity index (χ1v) is 12.4. The zero-order chi connectivity index (χ0) is 26.0. The Labute approximate surface area is 199 Å². The first-order chi connectivity index (χ1) is 16.2. The van der Waals surface area contributed by atoms with E-state index in [0.717, 1.165) is 55.2 Å². The average molecular weight is 444 g/mol. The Bertz CT molecular complexity index is 903. The summed E-state index contributed by atoms with van der Waals surface area (Å²) in [7, 11) is 0. The highest BCUT2D eigenvalue weighted by Crippen LogP contribution is 2.57. The third-order valence-corrected chi connectivity index (χ3v) is 7.32. The van der Waals surface area contributed by atoms with Gasteiger partial charge in [-0.05, 0) is 101 Å². The van der Waals surface area contributed by atoms with Crippen LogP contribution >= 0.6 is 0 Å². The van der Waals surface area contributed by atoms with Crippen LogP contribution in [0.1, 0.15) is 103 Å². The van der Waals surface area contributed by atoms with Gasteiger partial charge < -0.3 is 9.84 Å². The quantitative estimate of drug-likeness (QED) is 0.348. The standard InChI is InChI=1S/C29H44O3/c1-20-12-15-24(30)19-23(20)14-13-22-10-8-18-29(6)25(16-17-26(22)29)21(2)9-7-11-27(31)32-28(3,4)5/h13-14,16,21,24,26,30H,1,7-12,15,17-19H2,2-6H3/b22-13+,23-14-/t21-,24+,26-,29+/m0/s1/i6D3. The normalized spacial score (nSPS) is 33.8. The molecule has 2 saturated carbocycles. The Hall–Kier alpha value is -1.61. The monoisotopic (exact) mass is 443 g/mol. The van der Waals surface area contributed by atoms with Gasteiger partial charge in [0.2, 0.25) is 0 Å². The molecule has 3 heteroatoms. The molecule has 3 rings (SSSR count). The van der Waals surface area contributed by atoms with Crippen molar-refractivity contribution in [3.8, 4) is 0 Å². The number of hydrogen-bond donors (Lipinski definition) is 1. The highest BCUT2D eigenvalue weighted by molar-refractivity contribution is 5.69. The van der Waals surface area contributed by atoms with Crippen LogP contribution < -0.4 is 0 Å². The Balaban J connectivity index is 1.77. The number of hydrogen-bond acceptors (Lipinski definition) is 3. The van der Waals surface area contributed by atoms with E-state index < -0.39 is 17.9 Å². The second-order valence-corrected chi connectivity index (χ2v) is 11.1. The summed E-state index contributed by atoms with van der Waals surface area (Å²) in [6.45, 7) is 9.80. The van der Waals surface area contributed by atoms with Crippen LogP contribution in [0, 0.1) is 17.3 Å². The fraction of sp³-hybridized carbons (Fsp3) is 0.690. The Kier molecular flexibility index (Phi) is 6.63. The lowest BCUT2D eigenvalue weighted by Gasteiger charge is -2.42. The van der Waals surface area contributed by atoms with Crippen LogP contribution in [0.3, 0.4) is 0 Å². The van der Waals surface area contributed by atoms with Crippen LogP contribution in [0.2, 0.25) is 0 Å². The van der Waals surface area contributed by atoms with Gasteiger partial charge in [0, 0.05) is 10.5 Å². The molecule has 0 unspecified atom stereocenters. The highest BCUT2D eigenvalue weighted by Gasteiger charge is 2.45. The average Bonchev–Trinajstić information content (AvgIpc) is 3.14. The maximum atomic E-state index is 12.1. The number of aliphatic hydroxyl groups is 1. The van der Waals surface area contributed by atoms with Crippen LogP contribution in [0.5, 0.6) is 0 Å². The molecule has 178 valence electrons. The molecule has 0 radical (unpaired) electrons. The first kappa shape index (κ1) is 21.0. The summed E-state index contributed by atoms with van der Waals surface area (Å²) in [5.41, 5.74) is 3.11. The lowest BCUT2D eigenvalue weighted by Crippen LogP contribution is -2.32. The van der Waals surface area contributed by atoms with Gasteiger partial charge in [0.15, 0.2) is 0 Å². The molecule has 0 aliphatic heterocycles. The van der Waals surface area contributed by atoms with E-state index in [1.165, 1.54) is 5.57 Å². The minimum atomic E-state index is -2.09. The van der Waals surface area contributed by atoms with Crippen molar-refractivity contribution in [1.29, 1.82) is 0 Å². The molecule has 0 spiro atoms. The molecule has 0 heterocycles. The minimum absolute atomic E-state index is 0.0225. The minimum Gasteiger partial charge on any atom is -0.460 e. The maximum absolute atomic E-state index is 12.1. The number of allylic oxidation sites excluding steroid dienone is 6. The zero-order valence-electron chi connectivity index (χ0n) is 23.5. The summed E-state index contributed by atoms with van der Waals surface area (Å²) < 4.78 is 31.3. The van der Waals surface area contributed by atoms with Gasteiger partial charge in [-0.2, -0.15) is 0 Å². The molecule has 2 fully saturated rings. The number of ether oxygens (including phenoxy) is 1. The molecule has 3 aliphatic carbocycles. The molecule has 0 aromatic carbocycles. The number of esters is 1. The Morgan fingerprint density at radius 1 is 1.41 bits per heavy atom. The van der Waals surface area contributed by atoms with Crippen molar-refractivity contribution < 1.29 is 18.8 Å². The van der Waals surface area contributed by atoms with E-state index in [9.17, 15) is 9.90 Å². The van der Waals surface area contributed by atoms with Gasteiger partial charge >= 0.3 is 5.97 Å². The molecule has 0 aromatic rings. The van der Waals surface area contributed by atoms with Crippen molar-refractivity contribution in [3.63, 3.8) is 0 Å². The molecule has 0 saturated heterocycles. The van der Waals surface area contributed by atoms with Crippen LogP contribution in [0.4, 0.5) is 0 Å². The molecule has 32 heavy (non-hydrogen) atoms. The number of rotatable bonds is 6. The summed E-state index contributed by atoms with van der Waals surface area (Å²) in [4.78, 5) is 12.1. The van der Waals surface area contributed by atoms with Crippen molar-refractivity contribution in [2.24, 2.45) is 17.3 Å². The summed E-state index contributed by atoms with van der Waals surface area (Å²) in [5.74, 6) is -0.113. The largest absolute Gasteiger partial charge is 0.460 e. The van der Waals surface area contributed by atoms with E-state index in [-0.39, 0.29) is 23.9 Å². The van der Waals surface area contributed by atoms with Gasteiger partial charge in [0.1, 0.15) is 5.60 Å². The van der Waals surface area contributed by atoms with Crippen LogP contribution in [-0.4, -0.2) is 22.8 Å².